The average Bonchev–Trinajstić information content (AvgIpc) is 1.94. The minimum absolute atomic E-state index is 0.104. The van der Waals surface area contributed by atoms with E-state index in [9.17, 15) is 13.2 Å². The summed E-state index contributed by atoms with van der Waals surface area (Å²) < 4.78 is 51.9. The normalized spacial score (nSPS) is 18.6. The fourth-order valence-corrected chi connectivity index (χ4v) is 0.256. The molecule has 0 amide bonds. The second kappa shape index (κ2) is 6.73. The Labute approximate surface area is 54.6 Å². The molecule has 0 aliphatic carbocycles. The molecule has 0 spiro atoms. The number of halogens is 5. The van der Waals surface area contributed by atoms with Gasteiger partial charge in [0.15, 0.2) is 0 Å². The third-order valence-corrected chi connectivity index (χ3v) is 0.706. The van der Waals surface area contributed by atoms with E-state index in [1.165, 1.54) is 0 Å². The highest BCUT2D eigenvalue weighted by Crippen LogP contribution is 2.28. The Bertz CT molecular complexity index is 60.7. The van der Waals surface area contributed by atoms with Crippen LogP contribution in [0.1, 0.15) is 6.42 Å². The summed E-state index contributed by atoms with van der Waals surface area (Å²) >= 11 is 0. The molecule has 0 saturated carbocycles. The number of hydrogen-bond acceptors (Lipinski definition) is 1. The number of rotatable bonds is 0. The molecule has 0 radical (unpaired) electrons. The summed E-state index contributed by atoms with van der Waals surface area (Å²) in [6.07, 6.45) is -2.88. The van der Waals surface area contributed by atoms with E-state index < -0.39 is 6.11 Å². The third kappa shape index (κ3) is 5.74. The molecule has 0 aromatic heterocycles. The number of hydrogen-bond donors (Lipinski definition) is 0. The molecular weight excluding hydrogens is 159 g/mol. The molecule has 1 heterocycles. The van der Waals surface area contributed by atoms with Gasteiger partial charge in [0.2, 0.25) is 0 Å². The molecule has 1 aliphatic rings. The van der Waals surface area contributed by atoms with Gasteiger partial charge in [-0.1, -0.05) is 0 Å². The predicted molar refractivity (Wildman–Crippen MR) is 24.8 cm³/mol. The summed E-state index contributed by atoms with van der Waals surface area (Å²) in [4.78, 5) is 0. The molecule has 0 unspecified atom stereocenters. The van der Waals surface area contributed by atoms with Crippen LogP contribution < -0.4 is 0 Å². The Balaban J connectivity index is 0. The number of ether oxygens (including phenoxy) is 1. The summed E-state index contributed by atoms with van der Waals surface area (Å²) in [6.45, 7) is 0.215. The van der Waals surface area contributed by atoms with E-state index in [-0.39, 0.29) is 13.0 Å². The lowest BCUT2D eigenvalue weighted by Crippen LogP contribution is -2.33. The summed E-state index contributed by atoms with van der Waals surface area (Å²) in [7, 11) is 0.500. The largest absolute Gasteiger partial charge is 0.357 e. The van der Waals surface area contributed by atoms with Gasteiger partial charge in [-0.3, -0.25) is 4.39 Å². The molecule has 0 aromatic carbocycles. The SMILES string of the molecule is CF.FC1(F)CCO1.FF. The van der Waals surface area contributed by atoms with E-state index >= 15 is 0 Å². The van der Waals surface area contributed by atoms with Gasteiger partial charge in [0, 0.05) is 9.15 Å². The molecular formula is C4H7F5O. The van der Waals surface area contributed by atoms with Crippen molar-refractivity contribution in [3.8, 4) is 0 Å². The first-order chi connectivity index (χ1) is 4.71. The van der Waals surface area contributed by atoms with Crippen LogP contribution in [0.5, 0.6) is 0 Å². The minimum Gasteiger partial charge on any atom is -0.320 e. The van der Waals surface area contributed by atoms with Gasteiger partial charge in [0.1, 0.15) is 0 Å². The van der Waals surface area contributed by atoms with Crippen LogP contribution in [0, 0.1) is 0 Å². The highest BCUT2D eigenvalue weighted by Gasteiger charge is 2.38. The van der Waals surface area contributed by atoms with Crippen LogP contribution in [-0.4, -0.2) is 19.9 Å². The van der Waals surface area contributed by atoms with Gasteiger partial charge < -0.3 is 4.74 Å². The topological polar surface area (TPSA) is 9.23 Å². The fraction of sp³-hybridized carbons (Fsp3) is 1.00. The van der Waals surface area contributed by atoms with E-state index in [0.717, 1.165) is 0 Å². The molecule has 0 bridgehead atoms. The minimum atomic E-state index is -2.78. The smallest absolute Gasteiger partial charge is 0.320 e. The van der Waals surface area contributed by atoms with E-state index in [1.807, 2.05) is 0 Å². The highest BCUT2D eigenvalue weighted by molar-refractivity contribution is 4.60. The van der Waals surface area contributed by atoms with E-state index in [0.29, 0.717) is 7.18 Å². The maximum absolute atomic E-state index is 11.3. The van der Waals surface area contributed by atoms with Gasteiger partial charge in [0.25, 0.3) is 0 Å². The lowest BCUT2D eigenvalue weighted by atomic mass is 10.3. The Morgan fingerprint density at radius 1 is 1.20 bits per heavy atom. The molecule has 0 atom stereocenters. The quantitative estimate of drug-likeness (QED) is 0.502. The second-order valence-electron chi connectivity index (χ2n) is 1.24. The van der Waals surface area contributed by atoms with Crippen molar-refractivity contribution in [3.63, 3.8) is 0 Å². The molecule has 64 valence electrons. The fourth-order valence-electron chi connectivity index (χ4n) is 0.256. The lowest BCUT2D eigenvalue weighted by Gasteiger charge is -2.24. The average molecular weight is 166 g/mol. The molecule has 0 N–H and O–H groups in total. The van der Waals surface area contributed by atoms with Crippen molar-refractivity contribution in [2.75, 3.05) is 13.8 Å². The zero-order chi connectivity index (χ0) is 8.62. The molecule has 1 saturated heterocycles. The van der Waals surface area contributed by atoms with Crippen LogP contribution in [0.15, 0.2) is 0 Å². The van der Waals surface area contributed by atoms with Crippen molar-refractivity contribution in [1.82, 2.24) is 0 Å². The van der Waals surface area contributed by atoms with Crippen molar-refractivity contribution in [1.29, 1.82) is 0 Å². The van der Waals surface area contributed by atoms with Gasteiger partial charge in [-0.25, -0.2) is 0 Å². The first-order valence-electron chi connectivity index (χ1n) is 2.25. The molecule has 6 heteroatoms. The zero-order valence-electron chi connectivity index (χ0n) is 5.21. The maximum atomic E-state index is 11.3. The van der Waals surface area contributed by atoms with Gasteiger partial charge >= 0.3 is 6.11 Å². The monoisotopic (exact) mass is 166 g/mol. The van der Waals surface area contributed by atoms with E-state index in [4.69, 9.17) is 9.15 Å². The summed E-state index contributed by atoms with van der Waals surface area (Å²) in [5.74, 6) is 0. The molecule has 1 rings (SSSR count). The van der Waals surface area contributed by atoms with Gasteiger partial charge in [-0.15, -0.1) is 0 Å². The van der Waals surface area contributed by atoms with Crippen LogP contribution in [-0.2, 0) is 4.74 Å². The molecule has 10 heavy (non-hydrogen) atoms. The van der Waals surface area contributed by atoms with Crippen molar-refractivity contribution in [2.45, 2.75) is 12.5 Å². The Kier molecular flexibility index (Phi) is 8.27. The maximum Gasteiger partial charge on any atom is 0.357 e. The van der Waals surface area contributed by atoms with E-state index in [2.05, 4.69) is 4.74 Å². The summed E-state index contributed by atoms with van der Waals surface area (Å²) in [5.41, 5.74) is 0. The van der Waals surface area contributed by atoms with Crippen molar-refractivity contribution in [3.05, 3.63) is 0 Å². The van der Waals surface area contributed by atoms with Crippen molar-refractivity contribution < 1.29 is 27.1 Å². The number of alkyl halides is 3. The Morgan fingerprint density at radius 3 is 1.40 bits per heavy atom. The highest BCUT2D eigenvalue weighted by atomic mass is 20.0. The van der Waals surface area contributed by atoms with E-state index in [1.54, 1.807) is 0 Å². The molecule has 0 aromatic rings. The molecule has 1 fully saturated rings. The first-order valence-corrected chi connectivity index (χ1v) is 2.25. The van der Waals surface area contributed by atoms with Crippen LogP contribution in [0.4, 0.5) is 22.3 Å². The van der Waals surface area contributed by atoms with Crippen molar-refractivity contribution in [2.24, 2.45) is 0 Å². The summed E-state index contributed by atoms with van der Waals surface area (Å²) in [5, 5.41) is 0. The lowest BCUT2D eigenvalue weighted by molar-refractivity contribution is -0.313. The zero-order valence-corrected chi connectivity index (χ0v) is 5.21. The first kappa shape index (κ1) is 12.3. The van der Waals surface area contributed by atoms with Gasteiger partial charge in [0.05, 0.1) is 20.2 Å². The summed E-state index contributed by atoms with van der Waals surface area (Å²) in [6, 6.07) is 0. The van der Waals surface area contributed by atoms with Crippen LogP contribution >= 0.6 is 0 Å². The standard InChI is InChI=1S/C3H4F2O.CH3F.F2/c4-3(5)1-2-6-3;2*1-2/h1-2H2;1H3;. The third-order valence-electron chi connectivity index (χ3n) is 0.706. The molecule has 1 nitrogen and oxygen atoms in total. The molecule has 1 aliphatic heterocycles. The van der Waals surface area contributed by atoms with Crippen LogP contribution in [0.3, 0.4) is 0 Å². The Morgan fingerprint density at radius 2 is 1.40 bits per heavy atom. The second-order valence-corrected chi connectivity index (χ2v) is 1.24. The Hall–Kier alpha value is -0.390. The van der Waals surface area contributed by atoms with Crippen molar-refractivity contribution >= 4 is 0 Å². The van der Waals surface area contributed by atoms with Gasteiger partial charge in [-0.2, -0.15) is 8.78 Å². The van der Waals surface area contributed by atoms with Gasteiger partial charge in [-0.05, 0) is 0 Å². The van der Waals surface area contributed by atoms with Crippen LogP contribution in [0.2, 0.25) is 0 Å². The van der Waals surface area contributed by atoms with Crippen LogP contribution in [0.25, 0.3) is 0 Å². The predicted octanol–water partition coefficient (Wildman–Crippen LogP) is 2.43.